The highest BCUT2D eigenvalue weighted by molar-refractivity contribution is 6.00. The van der Waals surface area contributed by atoms with E-state index in [2.05, 4.69) is 43.1 Å². The molecule has 0 N–H and O–H groups in total. The number of likely N-dealkylation sites (tertiary alicyclic amines) is 1. The minimum Gasteiger partial charge on any atom is -0.353 e. The number of benzene rings is 2. The Labute approximate surface area is 199 Å². The summed E-state index contributed by atoms with van der Waals surface area (Å²) in [6.07, 6.45) is 3.24. The van der Waals surface area contributed by atoms with Crippen LogP contribution in [0.1, 0.15) is 76.6 Å². The molecule has 0 saturated carbocycles. The van der Waals surface area contributed by atoms with Gasteiger partial charge in [0.15, 0.2) is 12.0 Å². The Kier molecular flexibility index (Phi) is 10.5. The van der Waals surface area contributed by atoms with Crippen molar-refractivity contribution in [3.05, 3.63) is 82.6 Å². The number of hydrogen-bond donors (Lipinski definition) is 0. The number of alkyl halides is 1. The Morgan fingerprint density at radius 2 is 1.61 bits per heavy atom. The summed E-state index contributed by atoms with van der Waals surface area (Å²) >= 11 is 0. The standard InChI is InChI=1S/C18H23FN2O.C11H16/c1-5-16(22)17(12(2)3)20-18-14(19)11-15(21(18)4)13-9-7-6-8-10-13;1-3-7-11-9-6-5-8-10(11)4-2/h6-10,14-15H,5,11H2,1-4H3;5-6,8-9H,3-4,7H2,1-2H3. The molecule has 0 aromatic heterocycles. The van der Waals surface area contributed by atoms with Crippen LogP contribution in [0.5, 0.6) is 0 Å². The van der Waals surface area contributed by atoms with E-state index in [-0.39, 0.29) is 11.8 Å². The molecule has 1 heterocycles. The molecule has 2 unspecified atom stereocenters. The van der Waals surface area contributed by atoms with Gasteiger partial charge in [0, 0.05) is 19.9 Å². The molecule has 2 aromatic rings. The fourth-order valence-corrected chi connectivity index (χ4v) is 4.17. The van der Waals surface area contributed by atoms with Crippen molar-refractivity contribution in [1.29, 1.82) is 0 Å². The van der Waals surface area contributed by atoms with Gasteiger partial charge in [-0.1, -0.05) is 81.8 Å². The van der Waals surface area contributed by atoms with Gasteiger partial charge >= 0.3 is 0 Å². The first-order chi connectivity index (χ1) is 15.8. The average Bonchev–Trinajstić information content (AvgIpc) is 3.11. The lowest BCUT2D eigenvalue weighted by atomic mass is 10.0. The minimum atomic E-state index is -1.14. The van der Waals surface area contributed by atoms with E-state index in [1.807, 2.05) is 56.1 Å². The van der Waals surface area contributed by atoms with Crippen LogP contribution in [0.3, 0.4) is 0 Å². The van der Waals surface area contributed by atoms with Gasteiger partial charge in [-0.2, -0.15) is 0 Å². The quantitative estimate of drug-likeness (QED) is 0.415. The van der Waals surface area contributed by atoms with Gasteiger partial charge in [0.1, 0.15) is 11.5 Å². The molecule has 33 heavy (non-hydrogen) atoms. The van der Waals surface area contributed by atoms with Crippen LogP contribution in [0.4, 0.5) is 4.39 Å². The molecule has 178 valence electrons. The maximum Gasteiger partial charge on any atom is 0.180 e. The van der Waals surface area contributed by atoms with Gasteiger partial charge in [-0.25, -0.2) is 9.38 Å². The Hall–Kier alpha value is -2.75. The number of halogens is 1. The summed E-state index contributed by atoms with van der Waals surface area (Å²) in [6, 6.07) is 18.5. The first kappa shape index (κ1) is 26.5. The minimum absolute atomic E-state index is 0.0370. The van der Waals surface area contributed by atoms with Gasteiger partial charge in [-0.15, -0.1) is 0 Å². The third kappa shape index (κ3) is 7.12. The Balaban J connectivity index is 0.000000294. The highest BCUT2D eigenvalue weighted by Crippen LogP contribution is 2.34. The maximum atomic E-state index is 14.5. The molecule has 4 heteroatoms. The molecule has 0 spiro atoms. The Morgan fingerprint density at radius 3 is 2.15 bits per heavy atom. The van der Waals surface area contributed by atoms with Gasteiger partial charge in [-0.05, 0) is 49.0 Å². The number of aryl methyl sites for hydroxylation is 2. The lowest BCUT2D eigenvalue weighted by Crippen LogP contribution is -2.26. The predicted molar refractivity (Wildman–Crippen MR) is 137 cm³/mol. The zero-order valence-corrected chi connectivity index (χ0v) is 21.1. The number of carbonyl (C=O) groups excluding carboxylic acids is 1. The number of ketones is 1. The second kappa shape index (κ2) is 13.1. The van der Waals surface area contributed by atoms with Crippen molar-refractivity contribution in [1.82, 2.24) is 4.90 Å². The monoisotopic (exact) mass is 450 g/mol. The molecule has 0 aliphatic carbocycles. The van der Waals surface area contributed by atoms with Gasteiger partial charge in [0.25, 0.3) is 0 Å². The maximum absolute atomic E-state index is 14.5. The highest BCUT2D eigenvalue weighted by atomic mass is 19.1. The number of Topliss-reactive ketones (excluding diaryl/α,β-unsaturated/α-hetero) is 1. The van der Waals surface area contributed by atoms with Crippen LogP contribution in [0.15, 0.2) is 70.9 Å². The molecule has 1 aliphatic rings. The molecule has 3 rings (SSSR count). The van der Waals surface area contributed by atoms with Crippen LogP contribution in [0.2, 0.25) is 0 Å². The number of carbonyl (C=O) groups is 1. The van der Waals surface area contributed by atoms with Crippen molar-refractivity contribution in [2.75, 3.05) is 7.05 Å². The fraction of sp³-hybridized carbons (Fsp3) is 0.448. The van der Waals surface area contributed by atoms with E-state index in [4.69, 9.17) is 0 Å². The van der Waals surface area contributed by atoms with E-state index < -0.39 is 6.17 Å². The van der Waals surface area contributed by atoms with Crippen LogP contribution in [0, 0.1) is 0 Å². The largest absolute Gasteiger partial charge is 0.353 e. The first-order valence-corrected chi connectivity index (χ1v) is 12.1. The van der Waals surface area contributed by atoms with Crippen LogP contribution in [0.25, 0.3) is 0 Å². The van der Waals surface area contributed by atoms with E-state index in [1.165, 1.54) is 24.0 Å². The molecule has 2 aromatic carbocycles. The number of hydrogen-bond acceptors (Lipinski definition) is 2. The second-order valence-corrected chi connectivity index (χ2v) is 8.71. The Bertz CT molecular complexity index is 961. The molecule has 0 radical (unpaired) electrons. The van der Waals surface area contributed by atoms with E-state index in [0.717, 1.165) is 17.6 Å². The summed E-state index contributed by atoms with van der Waals surface area (Å²) in [5.74, 6) is 0.308. The van der Waals surface area contributed by atoms with Crippen LogP contribution >= 0.6 is 0 Å². The second-order valence-electron chi connectivity index (χ2n) is 8.71. The van der Waals surface area contributed by atoms with Crippen LogP contribution in [-0.4, -0.2) is 29.7 Å². The number of allylic oxidation sites excluding steroid dienone is 2. The van der Waals surface area contributed by atoms with E-state index in [9.17, 15) is 9.18 Å². The summed E-state index contributed by atoms with van der Waals surface area (Å²) in [6.45, 7) is 9.91. The number of amidine groups is 1. The smallest absolute Gasteiger partial charge is 0.180 e. The van der Waals surface area contributed by atoms with Crippen molar-refractivity contribution in [2.45, 2.75) is 78.9 Å². The van der Waals surface area contributed by atoms with Crippen LogP contribution < -0.4 is 0 Å². The van der Waals surface area contributed by atoms with Crippen LogP contribution in [-0.2, 0) is 17.6 Å². The van der Waals surface area contributed by atoms with Gasteiger partial charge in [-0.3, -0.25) is 4.79 Å². The van der Waals surface area contributed by atoms with Gasteiger partial charge < -0.3 is 4.90 Å². The van der Waals surface area contributed by atoms with E-state index >= 15 is 0 Å². The molecule has 1 aliphatic heterocycles. The van der Waals surface area contributed by atoms with Crippen molar-refractivity contribution in [3.63, 3.8) is 0 Å². The summed E-state index contributed by atoms with van der Waals surface area (Å²) in [4.78, 5) is 18.2. The molecule has 1 fully saturated rings. The fourth-order valence-electron chi connectivity index (χ4n) is 4.17. The van der Waals surface area contributed by atoms with Gasteiger partial charge in [0.05, 0.1) is 6.04 Å². The highest BCUT2D eigenvalue weighted by Gasteiger charge is 2.36. The molecule has 3 nitrogen and oxygen atoms in total. The molecular formula is C29H39FN2O. The lowest BCUT2D eigenvalue weighted by Gasteiger charge is -2.22. The van der Waals surface area contributed by atoms with Crippen molar-refractivity contribution < 1.29 is 9.18 Å². The molecule has 1 saturated heterocycles. The predicted octanol–water partition coefficient (Wildman–Crippen LogP) is 7.27. The molecular weight excluding hydrogens is 411 g/mol. The topological polar surface area (TPSA) is 32.7 Å². The SMILES string of the molecule is CCC(=O)C(N=C1C(F)CC(c2ccccc2)N1C)=C(C)C.CCCc1ccccc1CC. The van der Waals surface area contributed by atoms with E-state index in [1.54, 1.807) is 6.92 Å². The number of aliphatic imine (C=N–C) groups is 1. The van der Waals surface area contributed by atoms with Crippen molar-refractivity contribution in [2.24, 2.45) is 4.99 Å². The third-order valence-electron chi connectivity index (χ3n) is 6.03. The van der Waals surface area contributed by atoms with E-state index in [0.29, 0.717) is 24.4 Å². The number of rotatable bonds is 7. The molecule has 2 atom stereocenters. The first-order valence-electron chi connectivity index (χ1n) is 12.1. The number of nitrogens with zero attached hydrogens (tertiary/aromatic N) is 2. The summed E-state index contributed by atoms with van der Waals surface area (Å²) in [5, 5.41) is 0. The average molecular weight is 451 g/mol. The third-order valence-corrected chi connectivity index (χ3v) is 6.03. The zero-order chi connectivity index (χ0) is 24.4. The Morgan fingerprint density at radius 1 is 1.00 bits per heavy atom. The summed E-state index contributed by atoms with van der Waals surface area (Å²) in [5.41, 5.74) is 5.31. The lowest BCUT2D eigenvalue weighted by molar-refractivity contribution is -0.115. The summed E-state index contributed by atoms with van der Waals surface area (Å²) in [7, 11) is 1.84. The summed E-state index contributed by atoms with van der Waals surface area (Å²) < 4.78 is 14.5. The molecule has 0 amide bonds. The van der Waals surface area contributed by atoms with Crippen molar-refractivity contribution >= 4 is 11.6 Å². The van der Waals surface area contributed by atoms with Crippen molar-refractivity contribution in [3.8, 4) is 0 Å². The zero-order valence-electron chi connectivity index (χ0n) is 21.1. The molecule has 0 bridgehead atoms. The van der Waals surface area contributed by atoms with Gasteiger partial charge in [0.2, 0.25) is 0 Å². The normalized spacial score (nSPS) is 18.6.